The molecule has 0 radical (unpaired) electrons. The maximum atomic E-state index is 13.6. The zero-order valence-electron chi connectivity index (χ0n) is 8.50. The van der Waals surface area contributed by atoms with E-state index in [1.54, 1.807) is 6.07 Å². The fourth-order valence-corrected chi connectivity index (χ4v) is 2.33. The second-order valence-electron chi connectivity index (χ2n) is 4.34. The third kappa shape index (κ3) is 1.34. The molecular formula is C12H15FO. The summed E-state index contributed by atoms with van der Waals surface area (Å²) in [6.07, 6.45) is 0.182. The molecule has 0 saturated heterocycles. The largest absolute Gasteiger partial charge is 0.388 e. The number of benzene rings is 1. The Morgan fingerprint density at radius 1 is 1.43 bits per heavy atom. The van der Waals surface area contributed by atoms with E-state index < -0.39 is 6.10 Å². The van der Waals surface area contributed by atoms with Crippen molar-refractivity contribution in [2.45, 2.75) is 32.3 Å². The van der Waals surface area contributed by atoms with E-state index in [4.69, 9.17) is 0 Å². The molecule has 1 aromatic carbocycles. The van der Waals surface area contributed by atoms with Gasteiger partial charge in [0, 0.05) is 0 Å². The zero-order valence-corrected chi connectivity index (χ0v) is 8.50. The molecule has 1 nitrogen and oxygen atoms in total. The molecule has 0 unspecified atom stereocenters. The normalized spacial score (nSPS) is 25.5. The lowest BCUT2D eigenvalue weighted by molar-refractivity contribution is 0.167. The van der Waals surface area contributed by atoms with Crippen molar-refractivity contribution in [2.75, 3.05) is 0 Å². The van der Waals surface area contributed by atoms with Crippen molar-refractivity contribution in [2.24, 2.45) is 5.92 Å². The van der Waals surface area contributed by atoms with Gasteiger partial charge in [-0.25, -0.2) is 4.39 Å². The predicted molar refractivity (Wildman–Crippen MR) is 53.6 cm³/mol. The van der Waals surface area contributed by atoms with Crippen molar-refractivity contribution < 1.29 is 9.50 Å². The van der Waals surface area contributed by atoms with Gasteiger partial charge in [-0.1, -0.05) is 26.0 Å². The smallest absolute Gasteiger partial charge is 0.127 e. The molecule has 1 aliphatic rings. The number of hydrogen-bond donors (Lipinski definition) is 1. The van der Waals surface area contributed by atoms with Gasteiger partial charge in [0.25, 0.3) is 0 Å². The second kappa shape index (κ2) is 3.35. The van der Waals surface area contributed by atoms with Gasteiger partial charge in [0.1, 0.15) is 5.82 Å². The zero-order chi connectivity index (χ0) is 10.3. The molecule has 1 N–H and O–H groups in total. The average molecular weight is 194 g/mol. The SMILES string of the molecule is CC(C)[C@H]1C[C@@H](O)c2cccc(F)c21. The van der Waals surface area contributed by atoms with Gasteiger partial charge in [-0.15, -0.1) is 0 Å². The Bertz CT molecular complexity index is 346. The van der Waals surface area contributed by atoms with E-state index in [0.717, 1.165) is 11.1 Å². The van der Waals surface area contributed by atoms with Crippen LogP contribution >= 0.6 is 0 Å². The molecule has 1 aromatic rings. The fourth-order valence-electron chi connectivity index (χ4n) is 2.33. The van der Waals surface area contributed by atoms with E-state index in [-0.39, 0.29) is 11.7 Å². The molecule has 0 amide bonds. The lowest BCUT2D eigenvalue weighted by atomic mass is 9.90. The Morgan fingerprint density at radius 2 is 2.14 bits per heavy atom. The molecule has 2 heteroatoms. The lowest BCUT2D eigenvalue weighted by Gasteiger charge is -2.15. The van der Waals surface area contributed by atoms with E-state index >= 15 is 0 Å². The summed E-state index contributed by atoms with van der Waals surface area (Å²) in [5, 5.41) is 9.76. The topological polar surface area (TPSA) is 20.2 Å². The lowest BCUT2D eigenvalue weighted by Crippen LogP contribution is -2.04. The number of halogens is 1. The van der Waals surface area contributed by atoms with Crippen LogP contribution < -0.4 is 0 Å². The highest BCUT2D eigenvalue weighted by atomic mass is 19.1. The number of fused-ring (bicyclic) bond motifs is 1. The van der Waals surface area contributed by atoms with Gasteiger partial charge in [-0.2, -0.15) is 0 Å². The summed E-state index contributed by atoms with van der Waals surface area (Å²) >= 11 is 0. The fraction of sp³-hybridized carbons (Fsp3) is 0.500. The molecule has 0 bridgehead atoms. The number of aliphatic hydroxyl groups excluding tert-OH is 1. The maximum Gasteiger partial charge on any atom is 0.127 e. The number of aliphatic hydroxyl groups is 1. The molecular weight excluding hydrogens is 179 g/mol. The summed E-state index contributed by atoms with van der Waals surface area (Å²) in [7, 11) is 0. The first-order valence-electron chi connectivity index (χ1n) is 5.07. The monoisotopic (exact) mass is 194 g/mol. The van der Waals surface area contributed by atoms with Gasteiger partial charge in [-0.05, 0) is 35.4 Å². The molecule has 0 spiro atoms. The summed E-state index contributed by atoms with van der Waals surface area (Å²) < 4.78 is 13.6. The Hall–Kier alpha value is -0.890. The molecule has 2 atom stereocenters. The third-order valence-corrected chi connectivity index (χ3v) is 3.10. The summed E-state index contributed by atoms with van der Waals surface area (Å²) in [5.41, 5.74) is 1.51. The van der Waals surface area contributed by atoms with E-state index in [2.05, 4.69) is 13.8 Å². The minimum atomic E-state index is -0.479. The molecule has 0 aromatic heterocycles. The van der Waals surface area contributed by atoms with Crippen LogP contribution in [0, 0.1) is 11.7 Å². The van der Waals surface area contributed by atoms with Gasteiger partial charge in [0.15, 0.2) is 0 Å². The average Bonchev–Trinajstić information content (AvgIpc) is 2.46. The maximum absolute atomic E-state index is 13.6. The van der Waals surface area contributed by atoms with Crippen LogP contribution in [0.5, 0.6) is 0 Å². The van der Waals surface area contributed by atoms with Crippen molar-refractivity contribution >= 4 is 0 Å². The third-order valence-electron chi connectivity index (χ3n) is 3.10. The summed E-state index contributed by atoms with van der Waals surface area (Å²) in [6.45, 7) is 4.14. The van der Waals surface area contributed by atoms with Crippen LogP contribution in [0.2, 0.25) is 0 Å². The molecule has 14 heavy (non-hydrogen) atoms. The van der Waals surface area contributed by atoms with Crippen LogP contribution in [-0.2, 0) is 0 Å². The van der Waals surface area contributed by atoms with Crippen LogP contribution in [0.25, 0.3) is 0 Å². The Kier molecular flexibility index (Phi) is 2.31. The minimum absolute atomic E-state index is 0.168. The van der Waals surface area contributed by atoms with Gasteiger partial charge < -0.3 is 5.11 Å². The van der Waals surface area contributed by atoms with Gasteiger partial charge in [0.05, 0.1) is 6.10 Å². The second-order valence-corrected chi connectivity index (χ2v) is 4.34. The van der Waals surface area contributed by atoms with Crippen LogP contribution in [0.3, 0.4) is 0 Å². The van der Waals surface area contributed by atoms with E-state index in [9.17, 15) is 9.50 Å². The predicted octanol–water partition coefficient (Wildman–Crippen LogP) is 3.00. The van der Waals surface area contributed by atoms with E-state index in [1.807, 2.05) is 6.07 Å². The van der Waals surface area contributed by atoms with Crippen LogP contribution in [0.1, 0.15) is 43.4 Å². The molecule has 1 aliphatic carbocycles. The highest BCUT2D eigenvalue weighted by Crippen LogP contribution is 2.44. The molecule has 76 valence electrons. The quantitative estimate of drug-likeness (QED) is 0.728. The number of hydrogen-bond acceptors (Lipinski definition) is 1. The summed E-state index contributed by atoms with van der Waals surface area (Å²) in [5.74, 6) is 0.377. The van der Waals surface area contributed by atoms with Crippen LogP contribution in [-0.4, -0.2) is 5.11 Å². The van der Waals surface area contributed by atoms with E-state index in [1.165, 1.54) is 6.07 Å². The minimum Gasteiger partial charge on any atom is -0.388 e. The van der Waals surface area contributed by atoms with Crippen molar-refractivity contribution in [3.63, 3.8) is 0 Å². The first-order chi connectivity index (χ1) is 6.61. The highest BCUT2D eigenvalue weighted by Gasteiger charge is 2.33. The molecule has 0 aliphatic heterocycles. The van der Waals surface area contributed by atoms with Gasteiger partial charge in [0.2, 0.25) is 0 Å². The van der Waals surface area contributed by atoms with Crippen LogP contribution in [0.4, 0.5) is 4.39 Å². The van der Waals surface area contributed by atoms with Gasteiger partial charge in [-0.3, -0.25) is 0 Å². The Labute approximate surface area is 83.6 Å². The van der Waals surface area contributed by atoms with Crippen molar-refractivity contribution in [3.8, 4) is 0 Å². The van der Waals surface area contributed by atoms with Crippen molar-refractivity contribution in [1.29, 1.82) is 0 Å². The Balaban J connectivity index is 2.51. The molecule has 0 saturated carbocycles. The van der Waals surface area contributed by atoms with Gasteiger partial charge >= 0.3 is 0 Å². The summed E-state index contributed by atoms with van der Waals surface area (Å²) in [4.78, 5) is 0. The number of rotatable bonds is 1. The first kappa shape index (κ1) is 9.66. The Morgan fingerprint density at radius 3 is 2.79 bits per heavy atom. The molecule has 2 rings (SSSR count). The summed E-state index contributed by atoms with van der Waals surface area (Å²) in [6, 6.07) is 4.97. The van der Waals surface area contributed by atoms with Crippen molar-refractivity contribution in [1.82, 2.24) is 0 Å². The molecule has 0 fully saturated rings. The standard InChI is InChI=1S/C12H15FO/c1-7(2)9-6-11(14)8-4-3-5-10(13)12(8)9/h3-5,7,9,11,14H,6H2,1-2H3/t9-,11-/m1/s1. The van der Waals surface area contributed by atoms with E-state index in [0.29, 0.717) is 12.3 Å². The molecule has 0 heterocycles. The van der Waals surface area contributed by atoms with Crippen LogP contribution in [0.15, 0.2) is 18.2 Å². The highest BCUT2D eigenvalue weighted by molar-refractivity contribution is 5.38. The first-order valence-corrected chi connectivity index (χ1v) is 5.07. The van der Waals surface area contributed by atoms with Crippen molar-refractivity contribution in [3.05, 3.63) is 35.1 Å².